The number of hydrogen-bond donors (Lipinski definition) is 2. The first-order valence-electron chi connectivity index (χ1n) is 6.55. The van der Waals surface area contributed by atoms with Gasteiger partial charge in [-0.3, -0.25) is 4.79 Å². The minimum atomic E-state index is -0.191. The molecule has 0 saturated carbocycles. The molecule has 1 heterocycles. The molecule has 19 heavy (non-hydrogen) atoms. The molecular formula is C13H23N5O. The van der Waals surface area contributed by atoms with Crippen LogP contribution in [-0.4, -0.2) is 54.0 Å². The minimum absolute atomic E-state index is 0.191. The van der Waals surface area contributed by atoms with Gasteiger partial charge >= 0.3 is 0 Å². The van der Waals surface area contributed by atoms with Crippen LogP contribution in [0.2, 0.25) is 0 Å². The minimum Gasteiger partial charge on any atom is -0.369 e. The molecule has 1 aromatic heterocycles. The molecule has 0 radical (unpaired) electrons. The number of amides is 1. The highest BCUT2D eigenvalue weighted by atomic mass is 16.1. The predicted molar refractivity (Wildman–Crippen MR) is 76.3 cm³/mol. The molecule has 1 rings (SSSR count). The molecule has 1 unspecified atom stereocenters. The molecule has 6 nitrogen and oxygen atoms in total. The number of aromatic nitrogens is 2. The van der Waals surface area contributed by atoms with E-state index in [1.165, 1.54) is 6.20 Å². The Morgan fingerprint density at radius 2 is 2.11 bits per heavy atom. The van der Waals surface area contributed by atoms with E-state index in [4.69, 9.17) is 0 Å². The lowest BCUT2D eigenvalue weighted by Gasteiger charge is -2.19. The number of rotatable bonds is 7. The highest BCUT2D eigenvalue weighted by molar-refractivity contribution is 5.92. The van der Waals surface area contributed by atoms with E-state index in [0.29, 0.717) is 18.1 Å². The summed E-state index contributed by atoms with van der Waals surface area (Å²) in [7, 11) is 3.95. The molecule has 1 aromatic rings. The maximum Gasteiger partial charge on any atom is 0.271 e. The van der Waals surface area contributed by atoms with Gasteiger partial charge in [0.1, 0.15) is 11.5 Å². The Bertz CT molecular complexity index is 391. The van der Waals surface area contributed by atoms with Crippen LogP contribution in [0.4, 0.5) is 5.82 Å². The summed E-state index contributed by atoms with van der Waals surface area (Å²) in [4.78, 5) is 22.1. The molecule has 0 aromatic carbocycles. The van der Waals surface area contributed by atoms with E-state index in [-0.39, 0.29) is 11.9 Å². The standard InChI is InChI=1S/C13H23N5O/c1-5-6-14-12-9-15-11(8-16-12)13(19)17-7-10(2)18(3)4/h8-10H,5-7H2,1-4H3,(H,14,16)(H,17,19). The summed E-state index contributed by atoms with van der Waals surface area (Å²) in [6.07, 6.45) is 4.10. The Labute approximate surface area is 114 Å². The first-order valence-corrected chi connectivity index (χ1v) is 6.55. The normalized spacial score (nSPS) is 12.3. The predicted octanol–water partition coefficient (Wildman–Crippen LogP) is 0.978. The second-order valence-corrected chi connectivity index (χ2v) is 4.74. The highest BCUT2D eigenvalue weighted by Gasteiger charge is 2.10. The molecular weight excluding hydrogens is 242 g/mol. The number of likely N-dealkylation sites (N-methyl/N-ethyl adjacent to an activating group) is 1. The van der Waals surface area contributed by atoms with Crippen LogP contribution < -0.4 is 10.6 Å². The van der Waals surface area contributed by atoms with Crippen molar-refractivity contribution in [2.45, 2.75) is 26.3 Å². The number of anilines is 1. The fourth-order valence-electron chi connectivity index (χ4n) is 1.30. The van der Waals surface area contributed by atoms with Gasteiger partial charge in [0.15, 0.2) is 0 Å². The summed E-state index contributed by atoms with van der Waals surface area (Å²) in [6.45, 7) is 5.56. The fourth-order valence-corrected chi connectivity index (χ4v) is 1.30. The van der Waals surface area contributed by atoms with Crippen LogP contribution in [0, 0.1) is 0 Å². The van der Waals surface area contributed by atoms with E-state index in [0.717, 1.165) is 13.0 Å². The van der Waals surface area contributed by atoms with Crippen LogP contribution in [0.5, 0.6) is 0 Å². The molecule has 0 aliphatic heterocycles. The van der Waals surface area contributed by atoms with Gasteiger partial charge in [0, 0.05) is 19.1 Å². The summed E-state index contributed by atoms with van der Waals surface area (Å²) in [5.74, 6) is 0.503. The van der Waals surface area contributed by atoms with Gasteiger partial charge in [-0.15, -0.1) is 0 Å². The van der Waals surface area contributed by atoms with E-state index in [2.05, 4.69) is 27.5 Å². The van der Waals surface area contributed by atoms with Gasteiger partial charge in [-0.25, -0.2) is 9.97 Å². The smallest absolute Gasteiger partial charge is 0.271 e. The second-order valence-electron chi connectivity index (χ2n) is 4.74. The molecule has 1 amide bonds. The van der Waals surface area contributed by atoms with Crippen molar-refractivity contribution in [3.05, 3.63) is 18.1 Å². The number of nitrogens with zero attached hydrogens (tertiary/aromatic N) is 3. The average Bonchev–Trinajstić information content (AvgIpc) is 2.42. The Morgan fingerprint density at radius 3 is 2.63 bits per heavy atom. The lowest BCUT2D eigenvalue weighted by molar-refractivity contribution is 0.0938. The molecule has 106 valence electrons. The number of nitrogens with one attached hydrogen (secondary N) is 2. The first kappa shape index (κ1) is 15.4. The van der Waals surface area contributed by atoms with Gasteiger partial charge in [0.2, 0.25) is 0 Å². The van der Waals surface area contributed by atoms with Gasteiger partial charge in [0.25, 0.3) is 5.91 Å². The molecule has 2 N–H and O–H groups in total. The van der Waals surface area contributed by atoms with Crippen molar-refractivity contribution in [1.82, 2.24) is 20.2 Å². The summed E-state index contributed by atoms with van der Waals surface area (Å²) >= 11 is 0. The van der Waals surface area contributed by atoms with Crippen molar-refractivity contribution < 1.29 is 4.79 Å². The molecule has 0 bridgehead atoms. The maximum absolute atomic E-state index is 11.8. The van der Waals surface area contributed by atoms with Crippen LogP contribution in [-0.2, 0) is 0 Å². The van der Waals surface area contributed by atoms with Gasteiger partial charge < -0.3 is 15.5 Å². The zero-order valence-corrected chi connectivity index (χ0v) is 12.1. The van der Waals surface area contributed by atoms with Gasteiger partial charge in [-0.2, -0.15) is 0 Å². The lowest BCUT2D eigenvalue weighted by Crippen LogP contribution is -2.38. The molecule has 1 atom stereocenters. The van der Waals surface area contributed by atoms with E-state index in [1.54, 1.807) is 6.20 Å². The average molecular weight is 265 g/mol. The zero-order valence-electron chi connectivity index (χ0n) is 12.1. The van der Waals surface area contributed by atoms with Gasteiger partial charge in [-0.1, -0.05) is 6.92 Å². The third-order valence-electron chi connectivity index (χ3n) is 2.88. The van der Waals surface area contributed by atoms with Crippen molar-refractivity contribution >= 4 is 11.7 Å². The maximum atomic E-state index is 11.8. The molecule has 0 fully saturated rings. The highest BCUT2D eigenvalue weighted by Crippen LogP contribution is 2.01. The monoisotopic (exact) mass is 265 g/mol. The van der Waals surface area contributed by atoms with Crippen LogP contribution in [0.15, 0.2) is 12.4 Å². The summed E-state index contributed by atoms with van der Waals surface area (Å²) in [5.41, 5.74) is 0.341. The van der Waals surface area contributed by atoms with Crippen molar-refractivity contribution in [3.8, 4) is 0 Å². The van der Waals surface area contributed by atoms with Crippen LogP contribution in [0.3, 0.4) is 0 Å². The lowest BCUT2D eigenvalue weighted by atomic mass is 10.3. The molecule has 0 aliphatic rings. The van der Waals surface area contributed by atoms with Crippen LogP contribution in [0.25, 0.3) is 0 Å². The Morgan fingerprint density at radius 1 is 1.37 bits per heavy atom. The first-order chi connectivity index (χ1) is 9.04. The Kier molecular flexibility index (Phi) is 6.21. The van der Waals surface area contributed by atoms with Gasteiger partial charge in [0.05, 0.1) is 12.4 Å². The topological polar surface area (TPSA) is 70.2 Å². The van der Waals surface area contributed by atoms with Crippen molar-refractivity contribution in [3.63, 3.8) is 0 Å². The Balaban J connectivity index is 2.48. The summed E-state index contributed by atoms with van der Waals surface area (Å²) < 4.78 is 0. The van der Waals surface area contributed by atoms with Crippen molar-refractivity contribution in [1.29, 1.82) is 0 Å². The van der Waals surface area contributed by atoms with E-state index in [9.17, 15) is 4.79 Å². The van der Waals surface area contributed by atoms with Crippen LogP contribution in [0.1, 0.15) is 30.8 Å². The second kappa shape index (κ2) is 7.68. The summed E-state index contributed by atoms with van der Waals surface area (Å²) in [6, 6.07) is 0.280. The Hall–Kier alpha value is -1.69. The van der Waals surface area contributed by atoms with E-state index in [1.807, 2.05) is 25.9 Å². The zero-order chi connectivity index (χ0) is 14.3. The number of carbonyl (C=O) groups excluding carboxylic acids is 1. The third-order valence-corrected chi connectivity index (χ3v) is 2.88. The SMILES string of the molecule is CCCNc1cnc(C(=O)NCC(C)N(C)C)cn1. The molecule has 0 saturated heterocycles. The van der Waals surface area contributed by atoms with Crippen molar-refractivity contribution in [2.75, 3.05) is 32.5 Å². The summed E-state index contributed by atoms with van der Waals surface area (Å²) in [5, 5.41) is 5.95. The third kappa shape index (κ3) is 5.21. The number of carbonyl (C=O) groups is 1. The quantitative estimate of drug-likeness (QED) is 0.769. The number of hydrogen-bond acceptors (Lipinski definition) is 5. The van der Waals surface area contributed by atoms with E-state index >= 15 is 0 Å². The van der Waals surface area contributed by atoms with Gasteiger partial charge in [-0.05, 0) is 27.4 Å². The molecule has 0 aliphatic carbocycles. The fraction of sp³-hybridized carbons (Fsp3) is 0.615. The van der Waals surface area contributed by atoms with Crippen molar-refractivity contribution in [2.24, 2.45) is 0 Å². The largest absolute Gasteiger partial charge is 0.369 e. The van der Waals surface area contributed by atoms with Crippen LogP contribution >= 0.6 is 0 Å². The van der Waals surface area contributed by atoms with E-state index < -0.39 is 0 Å². The molecule has 6 heteroatoms. The molecule has 0 spiro atoms.